The van der Waals surface area contributed by atoms with Crippen LogP contribution in [0.1, 0.15) is 25.7 Å². The number of nitrogens with zero attached hydrogens (tertiary/aromatic N) is 2. The van der Waals surface area contributed by atoms with Crippen LogP contribution in [0.5, 0.6) is 0 Å². The Labute approximate surface area is 105 Å². The topological polar surface area (TPSA) is 135 Å². The molecule has 0 aliphatic heterocycles. The second-order valence-corrected chi connectivity index (χ2v) is 4.12. The molecule has 7 nitrogen and oxygen atoms in total. The van der Waals surface area contributed by atoms with Gasteiger partial charge in [0.2, 0.25) is 0 Å². The highest BCUT2D eigenvalue weighted by molar-refractivity contribution is 5.77. The molecule has 0 bridgehead atoms. The third-order valence-electron chi connectivity index (χ3n) is 2.77. The van der Waals surface area contributed by atoms with E-state index in [1.54, 1.807) is 12.1 Å². The van der Waals surface area contributed by atoms with Gasteiger partial charge in [-0.05, 0) is 25.7 Å². The lowest BCUT2D eigenvalue weighted by molar-refractivity contribution is 0.118. The number of nitrogens with one attached hydrogen (secondary N) is 2. The Morgan fingerprint density at radius 2 is 1.83 bits per heavy atom. The Morgan fingerprint density at radius 3 is 2.33 bits per heavy atom. The summed E-state index contributed by atoms with van der Waals surface area (Å²) in [6, 6.07) is 2.64. The lowest BCUT2D eigenvalue weighted by Gasteiger charge is -2.26. The van der Waals surface area contributed by atoms with Crippen molar-refractivity contribution in [3.8, 4) is 12.1 Å². The predicted octanol–water partition coefficient (Wildman–Crippen LogP) is -0.193. The number of hydrogen-bond donors (Lipinski definition) is 4. The van der Waals surface area contributed by atoms with Gasteiger partial charge in [0, 0.05) is 6.04 Å². The third-order valence-corrected chi connectivity index (χ3v) is 2.77. The van der Waals surface area contributed by atoms with Crippen molar-refractivity contribution in [2.75, 3.05) is 0 Å². The molecule has 0 radical (unpaired) electrons. The van der Waals surface area contributed by atoms with Crippen molar-refractivity contribution >= 4 is 6.03 Å². The van der Waals surface area contributed by atoms with Gasteiger partial charge in [-0.15, -0.1) is 0 Å². The zero-order valence-corrected chi connectivity index (χ0v) is 9.81. The molecule has 7 heteroatoms. The quantitative estimate of drug-likeness (QED) is 0.503. The van der Waals surface area contributed by atoms with Gasteiger partial charge in [-0.25, -0.2) is 4.79 Å². The Kier molecular flexibility index (Phi) is 4.97. The fraction of sp³-hybridized carbons (Fsp3) is 0.545. The number of aliphatic hydroxyl groups is 1. The molecule has 96 valence electrons. The molecule has 0 aromatic carbocycles. The number of nitrogens with two attached hydrogens (primary N) is 1. The number of carbonyl (C=O) groups excluding carboxylic acids is 1. The molecule has 0 atom stereocenters. The smallest absolute Gasteiger partial charge is 0.320 e. The minimum Gasteiger partial charge on any atom is -0.393 e. The average molecular weight is 249 g/mol. The minimum absolute atomic E-state index is 0.0309. The zero-order chi connectivity index (χ0) is 13.5. The van der Waals surface area contributed by atoms with Crippen LogP contribution < -0.4 is 16.4 Å². The van der Waals surface area contributed by atoms with Crippen LogP contribution in [0.4, 0.5) is 4.79 Å². The van der Waals surface area contributed by atoms with Crippen LogP contribution in [0.3, 0.4) is 0 Å². The minimum atomic E-state index is -0.564. The first-order valence-electron chi connectivity index (χ1n) is 5.62. The first-order valence-corrected chi connectivity index (χ1v) is 5.62. The summed E-state index contributed by atoms with van der Waals surface area (Å²) in [5.41, 5.74) is 4.66. The van der Waals surface area contributed by atoms with E-state index in [0.29, 0.717) is 25.7 Å². The van der Waals surface area contributed by atoms with Crippen molar-refractivity contribution in [2.45, 2.75) is 37.8 Å². The van der Waals surface area contributed by atoms with E-state index in [1.807, 2.05) is 0 Å². The van der Waals surface area contributed by atoms with Crippen LogP contribution >= 0.6 is 0 Å². The maximum Gasteiger partial charge on any atom is 0.320 e. The SMILES string of the molecule is N#CC(N)=C(C#N)NC(=O)NC1CCC(O)CC1. The highest BCUT2D eigenvalue weighted by Crippen LogP contribution is 2.18. The van der Waals surface area contributed by atoms with Gasteiger partial charge in [0.1, 0.15) is 17.8 Å². The molecular weight excluding hydrogens is 234 g/mol. The highest BCUT2D eigenvalue weighted by atomic mass is 16.3. The molecular formula is C11H15N5O2. The van der Waals surface area contributed by atoms with Crippen LogP contribution in [0.15, 0.2) is 11.4 Å². The first-order chi connectivity index (χ1) is 8.56. The monoisotopic (exact) mass is 249 g/mol. The Bertz CT molecular complexity index is 424. The second-order valence-electron chi connectivity index (χ2n) is 4.12. The summed E-state index contributed by atoms with van der Waals surface area (Å²) in [4.78, 5) is 11.5. The Hall–Kier alpha value is -2.25. The van der Waals surface area contributed by atoms with E-state index in [0.717, 1.165) is 0 Å². The largest absolute Gasteiger partial charge is 0.393 e. The van der Waals surface area contributed by atoms with Crippen molar-refractivity contribution in [3.05, 3.63) is 11.4 Å². The van der Waals surface area contributed by atoms with Gasteiger partial charge in [-0.2, -0.15) is 10.5 Å². The third kappa shape index (κ3) is 3.96. The average Bonchev–Trinajstić information content (AvgIpc) is 2.37. The number of hydrogen-bond acceptors (Lipinski definition) is 5. The number of allylic oxidation sites excluding steroid dienone is 2. The van der Waals surface area contributed by atoms with Gasteiger partial charge < -0.3 is 16.2 Å². The van der Waals surface area contributed by atoms with E-state index in [2.05, 4.69) is 10.6 Å². The number of rotatable bonds is 2. The van der Waals surface area contributed by atoms with Crippen molar-refractivity contribution < 1.29 is 9.90 Å². The summed E-state index contributed by atoms with van der Waals surface area (Å²) in [5.74, 6) is 0. The summed E-state index contributed by atoms with van der Waals surface area (Å²) in [6.07, 6.45) is 2.37. The molecule has 0 aromatic heterocycles. The number of amides is 2. The van der Waals surface area contributed by atoms with Crippen molar-refractivity contribution in [1.29, 1.82) is 10.5 Å². The molecule has 5 N–H and O–H groups in total. The van der Waals surface area contributed by atoms with E-state index in [-0.39, 0.29) is 23.5 Å². The fourth-order valence-electron chi connectivity index (χ4n) is 1.77. The molecule has 0 unspecified atom stereocenters. The lowest BCUT2D eigenvalue weighted by atomic mass is 9.93. The van der Waals surface area contributed by atoms with Crippen molar-refractivity contribution in [1.82, 2.24) is 10.6 Å². The maximum atomic E-state index is 11.5. The summed E-state index contributed by atoms with van der Waals surface area (Å²) in [7, 11) is 0. The standard InChI is InChI=1S/C11H15N5O2/c12-5-9(14)10(6-13)16-11(18)15-7-1-3-8(17)4-2-7/h7-8,17H,1-4,14H2,(H2,15,16,18). The van der Waals surface area contributed by atoms with Crippen LogP contribution in [-0.4, -0.2) is 23.3 Å². The lowest BCUT2D eigenvalue weighted by Crippen LogP contribution is -2.44. The summed E-state index contributed by atoms with van der Waals surface area (Å²) in [6.45, 7) is 0. The van der Waals surface area contributed by atoms with E-state index < -0.39 is 6.03 Å². The summed E-state index contributed by atoms with van der Waals surface area (Å²) in [5, 5.41) is 31.4. The molecule has 1 rings (SSSR count). The molecule has 0 saturated heterocycles. The van der Waals surface area contributed by atoms with Gasteiger partial charge in [-0.3, -0.25) is 5.32 Å². The number of aliphatic hydroxyl groups excluding tert-OH is 1. The molecule has 1 aliphatic carbocycles. The van der Waals surface area contributed by atoms with Gasteiger partial charge in [0.15, 0.2) is 5.70 Å². The normalized spacial score (nSPS) is 24.2. The van der Waals surface area contributed by atoms with Gasteiger partial charge >= 0.3 is 6.03 Å². The maximum absolute atomic E-state index is 11.5. The molecule has 0 spiro atoms. The van der Waals surface area contributed by atoms with Crippen LogP contribution in [0.25, 0.3) is 0 Å². The predicted molar refractivity (Wildman–Crippen MR) is 62.4 cm³/mol. The van der Waals surface area contributed by atoms with Gasteiger partial charge in [0.05, 0.1) is 6.10 Å². The summed E-state index contributed by atoms with van der Waals surface area (Å²) >= 11 is 0. The van der Waals surface area contributed by atoms with E-state index >= 15 is 0 Å². The number of carbonyl (C=O) groups is 1. The summed E-state index contributed by atoms with van der Waals surface area (Å²) < 4.78 is 0. The van der Waals surface area contributed by atoms with Crippen LogP contribution in [-0.2, 0) is 0 Å². The fourth-order valence-corrected chi connectivity index (χ4v) is 1.77. The Balaban J connectivity index is 2.48. The molecule has 0 heterocycles. The molecule has 1 fully saturated rings. The zero-order valence-electron chi connectivity index (χ0n) is 9.81. The van der Waals surface area contributed by atoms with Crippen molar-refractivity contribution in [2.24, 2.45) is 5.73 Å². The first kappa shape index (κ1) is 13.8. The number of nitriles is 2. The van der Waals surface area contributed by atoms with E-state index in [9.17, 15) is 9.90 Å². The van der Waals surface area contributed by atoms with Crippen LogP contribution in [0.2, 0.25) is 0 Å². The number of urea groups is 1. The molecule has 1 aliphatic rings. The van der Waals surface area contributed by atoms with E-state index in [4.69, 9.17) is 16.3 Å². The van der Waals surface area contributed by atoms with Crippen molar-refractivity contribution in [3.63, 3.8) is 0 Å². The van der Waals surface area contributed by atoms with Gasteiger partial charge in [-0.1, -0.05) is 0 Å². The molecule has 1 saturated carbocycles. The molecule has 18 heavy (non-hydrogen) atoms. The van der Waals surface area contributed by atoms with E-state index in [1.165, 1.54) is 0 Å². The molecule has 2 amide bonds. The molecule has 0 aromatic rings. The second kappa shape index (κ2) is 6.48. The van der Waals surface area contributed by atoms with Crippen LogP contribution in [0, 0.1) is 22.7 Å². The highest BCUT2D eigenvalue weighted by Gasteiger charge is 2.21. The Morgan fingerprint density at radius 1 is 1.22 bits per heavy atom. The van der Waals surface area contributed by atoms with Gasteiger partial charge in [0.25, 0.3) is 0 Å².